The summed E-state index contributed by atoms with van der Waals surface area (Å²) in [6, 6.07) is 0. The van der Waals surface area contributed by atoms with Gasteiger partial charge < -0.3 is 6.15 Å². The zero-order valence-electron chi connectivity index (χ0n) is 3.45. The van der Waals surface area contributed by atoms with Crippen molar-refractivity contribution in [1.82, 2.24) is 0 Å². The Bertz CT molecular complexity index is 10.1. The Morgan fingerprint density at radius 1 is 0.429 bits per heavy atom. The Morgan fingerprint density at radius 3 is 0.429 bits per heavy atom. The van der Waals surface area contributed by atoms with Crippen molar-refractivity contribution in [1.29, 1.82) is 0 Å². The second-order valence-corrected chi connectivity index (χ2v) is 0. The Kier molecular flexibility index (Phi) is 1310. The maximum Gasteiger partial charge on any atom is 1.00 e. The fraction of sp³-hybridized carbons (Fsp3) is 0. The fourth-order valence-corrected chi connectivity index (χ4v) is 0. The third-order valence-corrected chi connectivity index (χ3v) is 0. The van der Waals surface area contributed by atoms with Crippen LogP contribution >= 0.6 is 0 Å². The van der Waals surface area contributed by atoms with Crippen LogP contribution in [0.1, 0.15) is 0 Å². The maximum absolute atomic E-state index is 0. The van der Waals surface area contributed by atoms with Crippen LogP contribution in [0.25, 0.3) is 6.15 Å². The molecule has 0 atom stereocenters. The molecule has 0 unspecified atom stereocenters. The van der Waals surface area contributed by atoms with Crippen LogP contribution in [-0.4, -0.2) is 32.9 Å². The largest absolute Gasteiger partial charge is 3.00 e. The molecule has 0 aromatic heterocycles. The van der Waals surface area contributed by atoms with Crippen LogP contribution in [0, 0.1) is 0 Å². The van der Waals surface area contributed by atoms with Crippen molar-refractivity contribution >= 4 is 32.9 Å². The molecule has 0 N–H and O–H groups in total. The van der Waals surface area contributed by atoms with E-state index in [2.05, 4.69) is 0 Å². The van der Waals surface area contributed by atoms with Gasteiger partial charge in [-0.3, -0.25) is 0 Å². The second-order valence-electron chi connectivity index (χ2n) is 0. The predicted molar refractivity (Wildman–Crippen MR) is 37.4 cm³/mol. The van der Waals surface area contributed by atoms with Crippen molar-refractivity contribution in [3.63, 3.8) is 0 Å². The molecule has 0 radical (unpaired) electrons. The maximum atomic E-state index is 0. The van der Waals surface area contributed by atoms with Gasteiger partial charge in [-0.15, -0.1) is 0 Å². The van der Waals surface area contributed by atoms with Gasteiger partial charge in [0.2, 0.25) is 0 Å². The molecule has 0 bridgehead atoms. The van der Waals surface area contributed by atoms with Crippen LogP contribution in [-0.2, 0) is 0 Å². The molecular formula is H12Li3NSi3. The molecular weight excluding hydrogens is 119 g/mol. The standard InChI is InChI=1S/3Li.N.3H4Si/h;;;;3*1H4/q3*+1;-3;;;. The van der Waals surface area contributed by atoms with Crippen LogP contribution in [0.3, 0.4) is 0 Å². The summed E-state index contributed by atoms with van der Waals surface area (Å²) in [6.07, 6.45) is 0. The summed E-state index contributed by atoms with van der Waals surface area (Å²) in [5.41, 5.74) is 0. The summed E-state index contributed by atoms with van der Waals surface area (Å²) in [5, 5.41) is 0. The van der Waals surface area contributed by atoms with Gasteiger partial charge in [0.25, 0.3) is 0 Å². The van der Waals surface area contributed by atoms with E-state index in [0.717, 1.165) is 0 Å². The SMILES string of the molecule is [Li+].[Li+].[Li+].[N-3].[SiH4].[SiH4].[SiH4]. The van der Waals surface area contributed by atoms with Crippen LogP contribution in [0.4, 0.5) is 0 Å². The van der Waals surface area contributed by atoms with E-state index in [1.165, 1.54) is 0 Å². The molecule has 0 spiro atoms. The molecule has 0 heterocycles. The van der Waals surface area contributed by atoms with E-state index in [0.29, 0.717) is 0 Å². The molecule has 0 aliphatic heterocycles. The van der Waals surface area contributed by atoms with E-state index in [1.54, 1.807) is 0 Å². The molecule has 0 aliphatic carbocycles. The minimum atomic E-state index is 0. The van der Waals surface area contributed by atoms with Crippen molar-refractivity contribution < 1.29 is 56.6 Å². The van der Waals surface area contributed by atoms with Gasteiger partial charge in [0, 0.05) is 0 Å². The van der Waals surface area contributed by atoms with Gasteiger partial charge in [-0.25, -0.2) is 0 Å². The molecule has 0 aromatic rings. The number of hydrogen-bond acceptors (Lipinski definition) is 0. The smallest absolute Gasteiger partial charge is 1.00 e. The molecule has 0 aliphatic rings. The first-order chi connectivity index (χ1) is 0. The molecule has 0 aromatic carbocycles. The quantitative estimate of drug-likeness (QED) is 0.292. The Hall–Kier alpha value is 2.40. The van der Waals surface area contributed by atoms with E-state index < -0.39 is 0 Å². The van der Waals surface area contributed by atoms with Gasteiger partial charge in [-0.05, 0) is 32.9 Å². The van der Waals surface area contributed by atoms with Crippen molar-refractivity contribution in [2.75, 3.05) is 0 Å². The first-order valence-corrected chi connectivity index (χ1v) is 0. The van der Waals surface area contributed by atoms with Gasteiger partial charge in [-0.1, -0.05) is 0 Å². The average Bonchev–Trinajstić information content (AvgIpc) is 0. The Balaban J connectivity index is 0. The topological polar surface area (TPSA) is 30.5 Å². The third kappa shape index (κ3) is 59.7. The molecule has 0 saturated carbocycles. The minimum Gasteiger partial charge on any atom is -3.00 e. The molecule has 0 rings (SSSR count). The summed E-state index contributed by atoms with van der Waals surface area (Å²) in [5.74, 6) is 0. The van der Waals surface area contributed by atoms with Crippen LogP contribution < -0.4 is 56.6 Å². The Labute approximate surface area is 94.7 Å². The van der Waals surface area contributed by atoms with Gasteiger partial charge >= 0.3 is 56.6 Å². The van der Waals surface area contributed by atoms with Crippen molar-refractivity contribution in [2.45, 2.75) is 0 Å². The number of hydrogen-bond donors (Lipinski definition) is 0. The Morgan fingerprint density at radius 2 is 0.429 bits per heavy atom. The van der Waals surface area contributed by atoms with Crippen molar-refractivity contribution in [3.05, 3.63) is 6.15 Å². The summed E-state index contributed by atoms with van der Waals surface area (Å²) in [7, 11) is 0. The average molecular weight is 131 g/mol. The van der Waals surface area contributed by atoms with Crippen LogP contribution in [0.2, 0.25) is 0 Å². The molecule has 0 fully saturated rings. The molecule has 7 heavy (non-hydrogen) atoms. The zero-order valence-corrected chi connectivity index (χ0v) is 3.45. The summed E-state index contributed by atoms with van der Waals surface area (Å²) in [4.78, 5) is 0. The van der Waals surface area contributed by atoms with Gasteiger partial charge in [0.05, 0.1) is 0 Å². The molecule has 1 nitrogen and oxygen atoms in total. The molecule has 7 heteroatoms. The van der Waals surface area contributed by atoms with Crippen LogP contribution in [0.15, 0.2) is 0 Å². The van der Waals surface area contributed by atoms with E-state index in [9.17, 15) is 0 Å². The zero-order chi connectivity index (χ0) is 0. The number of rotatable bonds is 0. The monoisotopic (exact) mass is 131 g/mol. The van der Waals surface area contributed by atoms with E-state index in [-0.39, 0.29) is 95.6 Å². The van der Waals surface area contributed by atoms with E-state index in [1.807, 2.05) is 0 Å². The van der Waals surface area contributed by atoms with E-state index >= 15 is 0 Å². The van der Waals surface area contributed by atoms with Crippen LogP contribution in [0.5, 0.6) is 0 Å². The minimum absolute atomic E-state index is 0. The van der Waals surface area contributed by atoms with Gasteiger partial charge in [-0.2, -0.15) is 0 Å². The fourth-order valence-electron chi connectivity index (χ4n) is 0. The number of nitrogens with zero attached hydrogens (tertiary/aromatic N) is 1. The summed E-state index contributed by atoms with van der Waals surface area (Å²) < 4.78 is 0. The molecule has 32 valence electrons. The van der Waals surface area contributed by atoms with Gasteiger partial charge in [0.1, 0.15) is 0 Å². The predicted octanol–water partition coefficient (Wildman–Crippen LogP) is -13.1. The first kappa shape index (κ1) is 115. The second kappa shape index (κ2) is 79.8. The van der Waals surface area contributed by atoms with E-state index in [4.69, 9.17) is 0 Å². The third-order valence-electron chi connectivity index (χ3n) is 0. The summed E-state index contributed by atoms with van der Waals surface area (Å²) >= 11 is 0. The first-order valence-electron chi connectivity index (χ1n) is 0. The van der Waals surface area contributed by atoms with Crippen molar-refractivity contribution in [3.8, 4) is 0 Å². The normalized spacial score (nSPS) is 0. The summed E-state index contributed by atoms with van der Waals surface area (Å²) in [6.45, 7) is 0. The molecule has 0 saturated heterocycles. The molecule has 0 amide bonds. The van der Waals surface area contributed by atoms with Gasteiger partial charge in [0.15, 0.2) is 0 Å². The van der Waals surface area contributed by atoms with Crippen molar-refractivity contribution in [2.24, 2.45) is 0 Å².